The van der Waals surface area contributed by atoms with Crippen LogP contribution in [0.25, 0.3) is 16.5 Å². The predicted molar refractivity (Wildman–Crippen MR) is 108 cm³/mol. The molecule has 0 saturated heterocycles. The maximum Gasteiger partial charge on any atom is 0.168 e. The summed E-state index contributed by atoms with van der Waals surface area (Å²) in [5, 5.41) is 4.29. The number of thioether (sulfide) groups is 1. The highest BCUT2D eigenvalue weighted by Gasteiger charge is 2.32. The van der Waals surface area contributed by atoms with Crippen molar-refractivity contribution < 1.29 is 0 Å². The van der Waals surface area contributed by atoms with Gasteiger partial charge < -0.3 is 4.90 Å². The molecule has 0 spiro atoms. The molecule has 2 aliphatic rings. The van der Waals surface area contributed by atoms with Crippen molar-refractivity contribution >= 4 is 62.0 Å². The van der Waals surface area contributed by atoms with Crippen molar-refractivity contribution in [1.82, 2.24) is 4.90 Å². The van der Waals surface area contributed by atoms with Gasteiger partial charge >= 0.3 is 0 Å². The highest BCUT2D eigenvalue weighted by Crippen LogP contribution is 2.45. The fourth-order valence-corrected chi connectivity index (χ4v) is 4.41. The van der Waals surface area contributed by atoms with Crippen molar-refractivity contribution in [2.75, 3.05) is 13.1 Å². The number of amidine groups is 1. The molecule has 2 aromatic carbocycles. The third-order valence-corrected chi connectivity index (χ3v) is 5.35. The smallest absolute Gasteiger partial charge is 0.168 e. The molecule has 2 aromatic rings. The molecule has 4 rings (SSSR count). The fraction of sp³-hybridized carbons (Fsp3) is 0.167. The lowest BCUT2D eigenvalue weighted by molar-refractivity contribution is 0.648. The molecule has 0 saturated carbocycles. The molecule has 0 radical (unpaired) electrons. The van der Waals surface area contributed by atoms with Gasteiger partial charge in [-0.3, -0.25) is 4.99 Å². The van der Waals surface area contributed by atoms with Crippen molar-refractivity contribution in [2.45, 2.75) is 6.42 Å². The molecular formula is C18H16BrClN2S. The van der Waals surface area contributed by atoms with Gasteiger partial charge in [-0.05, 0) is 29.3 Å². The fourth-order valence-electron chi connectivity index (χ4n) is 3.05. The van der Waals surface area contributed by atoms with Gasteiger partial charge in [0.2, 0.25) is 0 Å². The zero-order chi connectivity index (χ0) is 15.1. The van der Waals surface area contributed by atoms with Gasteiger partial charge in [0, 0.05) is 22.0 Å². The lowest BCUT2D eigenvalue weighted by atomic mass is 10.0. The number of nitrogens with zero attached hydrogens (tertiary/aromatic N) is 2. The monoisotopic (exact) mass is 406 g/mol. The number of aliphatic imine (C=N–C) groups is 1. The Labute approximate surface area is 155 Å². The van der Waals surface area contributed by atoms with Crippen molar-refractivity contribution in [3.05, 3.63) is 64.5 Å². The van der Waals surface area contributed by atoms with Crippen LogP contribution in [-0.4, -0.2) is 23.2 Å². The Kier molecular flexibility index (Phi) is 4.85. The van der Waals surface area contributed by atoms with Gasteiger partial charge in [-0.15, -0.1) is 23.6 Å². The Balaban J connectivity index is 0.00000156. The van der Waals surface area contributed by atoms with Crippen LogP contribution >= 0.6 is 40.3 Å². The third kappa shape index (κ3) is 2.84. The molecule has 0 aliphatic carbocycles. The minimum absolute atomic E-state index is 0. The van der Waals surface area contributed by atoms with Crippen molar-refractivity contribution in [3.8, 4) is 0 Å². The van der Waals surface area contributed by atoms with Gasteiger partial charge in [-0.2, -0.15) is 0 Å². The maximum absolute atomic E-state index is 6.23. The Morgan fingerprint density at radius 1 is 1.30 bits per heavy atom. The first kappa shape index (κ1) is 16.6. The summed E-state index contributed by atoms with van der Waals surface area (Å²) in [6.45, 7) is 5.72. The van der Waals surface area contributed by atoms with Crippen LogP contribution in [0.4, 0.5) is 0 Å². The number of halogens is 2. The van der Waals surface area contributed by atoms with Gasteiger partial charge in [-0.25, -0.2) is 0 Å². The average molecular weight is 408 g/mol. The van der Waals surface area contributed by atoms with Gasteiger partial charge in [0.05, 0.1) is 12.2 Å². The summed E-state index contributed by atoms with van der Waals surface area (Å²) in [7, 11) is 0. The lowest BCUT2D eigenvalue weighted by Gasteiger charge is -2.19. The number of hydrogen-bond acceptors (Lipinski definition) is 3. The Bertz CT molecular complexity index is 844. The molecule has 5 heteroatoms. The average Bonchev–Trinajstić information content (AvgIpc) is 3.08. The SMILES string of the molecule is Br.C=CCC1=C(c2cccc3ccc(Cl)cc23)N2CCN=C2S1. The predicted octanol–water partition coefficient (Wildman–Crippen LogP) is 5.73. The first-order valence-electron chi connectivity index (χ1n) is 7.30. The van der Waals surface area contributed by atoms with E-state index in [1.807, 2.05) is 12.1 Å². The van der Waals surface area contributed by atoms with E-state index in [-0.39, 0.29) is 17.0 Å². The molecule has 0 atom stereocenters. The molecule has 0 N–H and O–H groups in total. The number of allylic oxidation sites excluding steroid dienone is 2. The number of hydrogen-bond donors (Lipinski definition) is 0. The summed E-state index contributed by atoms with van der Waals surface area (Å²) >= 11 is 8.00. The molecule has 23 heavy (non-hydrogen) atoms. The minimum atomic E-state index is 0. The summed E-state index contributed by atoms with van der Waals surface area (Å²) in [4.78, 5) is 8.26. The second-order valence-corrected chi connectivity index (χ2v) is 6.85. The van der Waals surface area contributed by atoms with Crippen LogP contribution in [0.15, 0.2) is 59.0 Å². The molecule has 2 heterocycles. The highest BCUT2D eigenvalue weighted by molar-refractivity contribution is 8.93. The van der Waals surface area contributed by atoms with Gasteiger partial charge in [-0.1, -0.05) is 53.7 Å². The van der Waals surface area contributed by atoms with E-state index in [0.29, 0.717) is 0 Å². The van der Waals surface area contributed by atoms with E-state index in [4.69, 9.17) is 11.6 Å². The second kappa shape index (κ2) is 6.71. The lowest BCUT2D eigenvalue weighted by Crippen LogP contribution is -2.20. The van der Waals surface area contributed by atoms with Crippen LogP contribution in [0.5, 0.6) is 0 Å². The molecule has 2 aliphatic heterocycles. The zero-order valence-electron chi connectivity index (χ0n) is 12.5. The van der Waals surface area contributed by atoms with Crippen molar-refractivity contribution in [1.29, 1.82) is 0 Å². The van der Waals surface area contributed by atoms with E-state index >= 15 is 0 Å². The topological polar surface area (TPSA) is 15.6 Å². The standard InChI is InChI=1S/C18H15ClN2S.BrH/c1-2-4-16-17(21-10-9-20-18(21)22-16)14-6-3-5-12-7-8-13(19)11-15(12)14;/h2-3,5-8,11H,1,4,9-10H2;1H. The minimum Gasteiger partial charge on any atom is -0.318 e. The van der Waals surface area contributed by atoms with Crippen LogP contribution in [0.3, 0.4) is 0 Å². The van der Waals surface area contributed by atoms with Gasteiger partial charge in [0.1, 0.15) is 0 Å². The second-order valence-electron chi connectivity index (χ2n) is 5.35. The number of rotatable bonds is 3. The third-order valence-electron chi connectivity index (χ3n) is 3.98. The van der Waals surface area contributed by atoms with Gasteiger partial charge in [0.15, 0.2) is 5.17 Å². The largest absolute Gasteiger partial charge is 0.318 e. The van der Waals surface area contributed by atoms with E-state index < -0.39 is 0 Å². The maximum atomic E-state index is 6.23. The molecular weight excluding hydrogens is 392 g/mol. The molecule has 0 aromatic heterocycles. The molecule has 0 fully saturated rings. The first-order chi connectivity index (χ1) is 10.8. The van der Waals surface area contributed by atoms with Crippen LogP contribution in [0, 0.1) is 0 Å². The summed E-state index contributed by atoms with van der Waals surface area (Å²) in [5.74, 6) is 0. The van der Waals surface area contributed by atoms with E-state index in [1.54, 1.807) is 11.8 Å². The van der Waals surface area contributed by atoms with Crippen molar-refractivity contribution in [3.63, 3.8) is 0 Å². The highest BCUT2D eigenvalue weighted by atomic mass is 79.9. The quantitative estimate of drug-likeness (QED) is 0.603. The zero-order valence-corrected chi connectivity index (χ0v) is 15.7. The molecule has 0 bridgehead atoms. The molecule has 0 unspecified atom stereocenters. The summed E-state index contributed by atoms with van der Waals surface area (Å²) in [5.41, 5.74) is 2.51. The normalized spacial score (nSPS) is 16.4. The summed E-state index contributed by atoms with van der Waals surface area (Å²) in [6, 6.07) is 12.5. The summed E-state index contributed by atoms with van der Waals surface area (Å²) in [6.07, 6.45) is 2.83. The van der Waals surface area contributed by atoms with Crippen molar-refractivity contribution in [2.24, 2.45) is 4.99 Å². The van der Waals surface area contributed by atoms with E-state index in [0.717, 1.165) is 29.7 Å². The number of fused-ring (bicyclic) bond motifs is 2. The van der Waals surface area contributed by atoms with E-state index in [1.165, 1.54) is 26.9 Å². The molecule has 2 nitrogen and oxygen atoms in total. The van der Waals surface area contributed by atoms with E-state index in [9.17, 15) is 0 Å². The van der Waals surface area contributed by atoms with Crippen LogP contribution in [0.2, 0.25) is 5.02 Å². The van der Waals surface area contributed by atoms with Crippen LogP contribution in [-0.2, 0) is 0 Å². The Morgan fingerprint density at radius 3 is 3.00 bits per heavy atom. The van der Waals surface area contributed by atoms with Crippen LogP contribution in [0.1, 0.15) is 12.0 Å². The van der Waals surface area contributed by atoms with E-state index in [2.05, 4.69) is 46.8 Å². The van der Waals surface area contributed by atoms with Crippen LogP contribution < -0.4 is 0 Å². The molecule has 118 valence electrons. The summed E-state index contributed by atoms with van der Waals surface area (Å²) < 4.78 is 0. The molecule has 0 amide bonds. The van der Waals surface area contributed by atoms with Gasteiger partial charge in [0.25, 0.3) is 0 Å². The number of benzene rings is 2. The first-order valence-corrected chi connectivity index (χ1v) is 8.50. The Morgan fingerprint density at radius 2 is 2.17 bits per heavy atom. The Hall–Kier alpha value is -1.23.